The molecule has 3 aliphatic heterocycles. The summed E-state index contributed by atoms with van der Waals surface area (Å²) in [6.07, 6.45) is 6.23. The van der Waals surface area contributed by atoms with Crippen molar-refractivity contribution in [1.29, 1.82) is 0 Å². The van der Waals surface area contributed by atoms with Gasteiger partial charge in [0.15, 0.2) is 15.7 Å². The number of fused-ring (bicyclic) bond motifs is 1. The average molecular weight is 900 g/mol. The number of aromatic nitrogens is 2. The number of imide groups is 2. The second kappa shape index (κ2) is 19.4. The highest BCUT2D eigenvalue weighted by Crippen LogP contribution is 2.39. The number of hydrogen-bond acceptors (Lipinski definition) is 13. The van der Waals surface area contributed by atoms with Gasteiger partial charge in [-0.15, -0.1) is 0 Å². The Bertz CT molecular complexity index is 2510. The van der Waals surface area contributed by atoms with Crippen molar-refractivity contribution in [2.45, 2.75) is 108 Å². The highest BCUT2D eigenvalue weighted by atomic mass is 35.5. The quantitative estimate of drug-likeness (QED) is 0.0691. The van der Waals surface area contributed by atoms with Crippen LogP contribution < -0.4 is 25.4 Å². The number of piperidine rings is 2. The second-order valence-corrected chi connectivity index (χ2v) is 19.6. The van der Waals surface area contributed by atoms with Crippen LogP contribution >= 0.6 is 11.6 Å². The number of unbranched alkanes of at least 4 members (excludes halogenated alkanes) is 2. The van der Waals surface area contributed by atoms with E-state index in [-0.39, 0.29) is 51.8 Å². The molecule has 2 saturated heterocycles. The number of halogens is 1. The Hall–Kier alpha value is -5.58. The van der Waals surface area contributed by atoms with E-state index in [2.05, 4.69) is 49.9 Å². The molecule has 0 radical (unpaired) electrons. The first-order valence-corrected chi connectivity index (χ1v) is 23.4. The summed E-state index contributed by atoms with van der Waals surface area (Å²) in [6, 6.07) is 14.7. The van der Waals surface area contributed by atoms with Crippen molar-refractivity contribution < 1.29 is 37.1 Å². The van der Waals surface area contributed by atoms with Crippen molar-refractivity contribution >= 4 is 68.2 Å². The van der Waals surface area contributed by atoms with Gasteiger partial charge in [-0.2, -0.15) is 4.98 Å². The number of sulfone groups is 1. The van der Waals surface area contributed by atoms with Gasteiger partial charge in [0, 0.05) is 6.42 Å². The molecule has 334 valence electrons. The van der Waals surface area contributed by atoms with Crippen LogP contribution in [0.15, 0.2) is 65.7 Å². The molecule has 3 aromatic carbocycles. The van der Waals surface area contributed by atoms with Crippen LogP contribution in [-0.2, 0) is 19.4 Å². The fraction of sp³-hybridized carbons (Fsp3) is 0.435. The highest BCUT2D eigenvalue weighted by Gasteiger charge is 2.46. The molecule has 63 heavy (non-hydrogen) atoms. The predicted molar refractivity (Wildman–Crippen MR) is 240 cm³/mol. The first kappa shape index (κ1) is 45.4. The first-order chi connectivity index (χ1) is 30.1. The van der Waals surface area contributed by atoms with E-state index in [4.69, 9.17) is 21.1 Å². The number of rotatable bonds is 17. The van der Waals surface area contributed by atoms with Crippen LogP contribution in [0.1, 0.15) is 110 Å². The fourth-order valence-corrected chi connectivity index (χ4v) is 9.64. The van der Waals surface area contributed by atoms with Crippen molar-refractivity contribution in [2.24, 2.45) is 0 Å². The molecule has 0 spiro atoms. The van der Waals surface area contributed by atoms with Crippen LogP contribution in [-0.4, -0.2) is 95.5 Å². The van der Waals surface area contributed by atoms with Gasteiger partial charge in [-0.1, -0.05) is 29.8 Å². The molecule has 2 fully saturated rings. The van der Waals surface area contributed by atoms with E-state index >= 15 is 0 Å². The minimum atomic E-state index is -3.58. The van der Waals surface area contributed by atoms with Gasteiger partial charge in [0.2, 0.25) is 17.8 Å². The SMILES string of the molecule is Cc1cc(Nc2ncc(Cl)c(Nc3ccccc3S(=O)(=O)C(C)C)n2)c(OC(C)C)cc1C1CCN(CCCCCOc2cccc3c2C(=O)N(C2CCC(=O)NC2=O)C3=O)CC1. The Morgan fingerprint density at radius 1 is 0.889 bits per heavy atom. The van der Waals surface area contributed by atoms with Gasteiger partial charge in [0.25, 0.3) is 11.8 Å². The molecule has 0 saturated carbocycles. The minimum Gasteiger partial charge on any atom is -0.493 e. The Kier molecular flexibility index (Phi) is 14.0. The zero-order valence-electron chi connectivity index (χ0n) is 36.2. The van der Waals surface area contributed by atoms with Gasteiger partial charge in [-0.05, 0) is 146 Å². The maximum atomic E-state index is 13.4. The number of anilines is 4. The zero-order chi connectivity index (χ0) is 45.0. The lowest BCUT2D eigenvalue weighted by molar-refractivity contribution is -0.136. The average Bonchev–Trinajstić information content (AvgIpc) is 3.50. The van der Waals surface area contributed by atoms with Crippen LogP contribution in [0.3, 0.4) is 0 Å². The van der Waals surface area contributed by atoms with Crippen LogP contribution in [0, 0.1) is 6.92 Å². The lowest BCUT2D eigenvalue weighted by Gasteiger charge is -2.33. The molecule has 0 bridgehead atoms. The Balaban J connectivity index is 0.914. The van der Waals surface area contributed by atoms with E-state index in [1.165, 1.54) is 11.8 Å². The molecule has 1 unspecified atom stereocenters. The Morgan fingerprint density at radius 2 is 1.65 bits per heavy atom. The number of nitrogens with one attached hydrogen (secondary N) is 3. The number of para-hydroxylation sites is 1. The topological polar surface area (TPSA) is 189 Å². The summed E-state index contributed by atoms with van der Waals surface area (Å²) in [5, 5.41) is 8.27. The lowest BCUT2D eigenvalue weighted by atomic mass is 9.86. The standard InChI is InChI=1S/C46H54ClN7O8S/c1-27(2)62-38-25-32(29(5)24-35(38)50-46-48-26-33(47)42(52-46)49-34-13-7-8-15-39(34)63(59,60)28(3)4)30-18-21-53(22-19-30)20-9-6-10-23-61-37-14-11-12-31-41(37)45(58)54(44(31)57)36-16-17-40(55)51-43(36)56/h7-8,11-15,24-28,30,36H,6,9-10,16-23H2,1-5H3,(H,51,55,56)(H2,48,49,50,52). The smallest absolute Gasteiger partial charge is 0.266 e. The molecule has 3 N–H and O–H groups in total. The van der Waals surface area contributed by atoms with E-state index in [9.17, 15) is 27.6 Å². The first-order valence-electron chi connectivity index (χ1n) is 21.5. The summed E-state index contributed by atoms with van der Waals surface area (Å²) in [5.41, 5.74) is 3.80. The third kappa shape index (κ3) is 10.1. The molecular formula is C46H54ClN7O8S. The number of benzene rings is 3. The maximum absolute atomic E-state index is 13.4. The molecule has 1 atom stereocenters. The fourth-order valence-electron chi connectivity index (χ4n) is 8.30. The van der Waals surface area contributed by atoms with Gasteiger partial charge >= 0.3 is 0 Å². The highest BCUT2D eigenvalue weighted by molar-refractivity contribution is 7.92. The summed E-state index contributed by atoms with van der Waals surface area (Å²) in [5.74, 6) is -0.304. The largest absolute Gasteiger partial charge is 0.493 e. The van der Waals surface area contributed by atoms with Crippen LogP contribution in [0.4, 0.5) is 23.1 Å². The number of likely N-dealkylation sites (tertiary alicyclic amines) is 1. The molecule has 4 heterocycles. The molecular weight excluding hydrogens is 846 g/mol. The van der Waals surface area contributed by atoms with E-state index in [1.54, 1.807) is 56.3 Å². The second-order valence-electron chi connectivity index (χ2n) is 16.8. The van der Waals surface area contributed by atoms with Crippen LogP contribution in [0.2, 0.25) is 5.02 Å². The summed E-state index contributed by atoms with van der Waals surface area (Å²) in [6.45, 7) is 12.6. The van der Waals surface area contributed by atoms with Gasteiger partial charge in [0.1, 0.15) is 22.6 Å². The van der Waals surface area contributed by atoms with Crippen LogP contribution in [0.5, 0.6) is 11.5 Å². The number of ether oxygens (including phenoxy) is 2. The number of amides is 4. The normalized spacial score (nSPS) is 17.3. The van der Waals surface area contributed by atoms with Crippen molar-refractivity contribution in [3.05, 3.63) is 88.1 Å². The van der Waals surface area contributed by atoms with E-state index in [1.807, 2.05) is 13.8 Å². The number of nitrogens with zero attached hydrogens (tertiary/aromatic N) is 4. The summed E-state index contributed by atoms with van der Waals surface area (Å²) in [7, 11) is -3.58. The predicted octanol–water partition coefficient (Wildman–Crippen LogP) is 7.72. The Labute approximate surface area is 373 Å². The van der Waals surface area contributed by atoms with Crippen molar-refractivity contribution in [2.75, 3.05) is 36.9 Å². The minimum absolute atomic E-state index is 0.0615. The number of carbonyl (C=O) groups is 4. The van der Waals surface area contributed by atoms with Crippen molar-refractivity contribution in [3.63, 3.8) is 0 Å². The van der Waals surface area contributed by atoms with Gasteiger partial charge < -0.3 is 25.0 Å². The summed E-state index contributed by atoms with van der Waals surface area (Å²) in [4.78, 5) is 63.3. The van der Waals surface area contributed by atoms with E-state index in [0.29, 0.717) is 35.4 Å². The molecule has 17 heteroatoms. The van der Waals surface area contributed by atoms with E-state index in [0.717, 1.165) is 62.2 Å². The van der Waals surface area contributed by atoms with E-state index < -0.39 is 44.8 Å². The maximum Gasteiger partial charge on any atom is 0.266 e. The molecule has 3 aliphatic rings. The number of hydrogen-bond donors (Lipinski definition) is 3. The van der Waals surface area contributed by atoms with Crippen molar-refractivity contribution in [3.8, 4) is 11.5 Å². The molecule has 1 aromatic heterocycles. The third-order valence-corrected chi connectivity index (χ3v) is 14.1. The molecule has 7 rings (SSSR count). The van der Waals surface area contributed by atoms with Crippen LogP contribution in [0.25, 0.3) is 0 Å². The Morgan fingerprint density at radius 3 is 2.38 bits per heavy atom. The summed E-state index contributed by atoms with van der Waals surface area (Å²) < 4.78 is 38.5. The molecule has 15 nitrogen and oxygen atoms in total. The lowest BCUT2D eigenvalue weighted by Crippen LogP contribution is -2.54. The molecule has 4 amide bonds. The van der Waals surface area contributed by atoms with Gasteiger partial charge in [-0.3, -0.25) is 29.4 Å². The number of aryl methyl sites for hydroxylation is 1. The summed E-state index contributed by atoms with van der Waals surface area (Å²) >= 11 is 6.51. The van der Waals surface area contributed by atoms with Gasteiger partial charge in [0.05, 0.1) is 51.6 Å². The van der Waals surface area contributed by atoms with Gasteiger partial charge in [-0.25, -0.2) is 13.4 Å². The molecule has 4 aromatic rings. The monoisotopic (exact) mass is 899 g/mol. The molecule has 0 aliphatic carbocycles. The third-order valence-electron chi connectivity index (χ3n) is 11.6. The zero-order valence-corrected chi connectivity index (χ0v) is 37.8. The number of carbonyl (C=O) groups excluding carboxylic acids is 4. The van der Waals surface area contributed by atoms with Crippen molar-refractivity contribution in [1.82, 2.24) is 25.1 Å².